The van der Waals surface area contributed by atoms with Crippen LogP contribution in [0.25, 0.3) is 11.6 Å². The molecule has 27 heavy (non-hydrogen) atoms. The van der Waals surface area contributed by atoms with Crippen LogP contribution in [0.5, 0.6) is 0 Å². The molecule has 0 atom stereocenters. The SMILES string of the molecule is CC(C)c1cc(-c2nnc(C3(S(=O)(=O)c4ccc(Cl)cc4)CC3)o2)n(C)n1. The standard InChI is InChI=1S/C18H19ClN4O3S/c1-11(2)14-10-15(23(3)22-14)16-20-21-17(26-16)18(8-9-18)27(24,25)13-6-4-12(19)5-7-13/h4-7,10-11H,8-9H2,1-3H3. The number of nitrogens with zero attached hydrogens (tertiary/aromatic N) is 4. The van der Waals surface area contributed by atoms with E-state index in [9.17, 15) is 8.42 Å². The van der Waals surface area contributed by atoms with Crippen molar-refractivity contribution >= 4 is 21.4 Å². The predicted octanol–water partition coefficient (Wildman–Crippen LogP) is 3.71. The Hall–Kier alpha value is -2.19. The number of aromatic nitrogens is 4. The van der Waals surface area contributed by atoms with Crippen LogP contribution in [0.4, 0.5) is 0 Å². The van der Waals surface area contributed by atoms with Gasteiger partial charge in [0.1, 0.15) is 5.69 Å². The maximum absolute atomic E-state index is 13.1. The molecular weight excluding hydrogens is 388 g/mol. The highest BCUT2D eigenvalue weighted by molar-refractivity contribution is 7.92. The van der Waals surface area contributed by atoms with Gasteiger partial charge in [0.05, 0.1) is 10.6 Å². The highest BCUT2D eigenvalue weighted by Gasteiger charge is 2.60. The summed E-state index contributed by atoms with van der Waals surface area (Å²) in [5.41, 5.74) is 1.57. The van der Waals surface area contributed by atoms with E-state index in [2.05, 4.69) is 15.3 Å². The van der Waals surface area contributed by atoms with Gasteiger partial charge in [-0.15, -0.1) is 10.2 Å². The molecule has 1 aliphatic carbocycles. The summed E-state index contributed by atoms with van der Waals surface area (Å²) in [4.78, 5) is 0.201. The molecule has 0 bridgehead atoms. The van der Waals surface area contributed by atoms with Gasteiger partial charge in [-0.3, -0.25) is 4.68 Å². The number of halogens is 1. The molecule has 0 spiro atoms. The second-order valence-electron chi connectivity index (χ2n) is 7.10. The number of hydrogen-bond acceptors (Lipinski definition) is 6. The Morgan fingerprint density at radius 2 is 1.85 bits per heavy atom. The third-order valence-electron chi connectivity index (χ3n) is 4.87. The van der Waals surface area contributed by atoms with Gasteiger partial charge in [0, 0.05) is 12.1 Å². The van der Waals surface area contributed by atoms with Crippen LogP contribution in [0.15, 0.2) is 39.6 Å². The Labute approximate surface area is 162 Å². The van der Waals surface area contributed by atoms with Crippen molar-refractivity contribution in [3.63, 3.8) is 0 Å². The fourth-order valence-electron chi connectivity index (χ4n) is 3.03. The van der Waals surface area contributed by atoms with Crippen molar-refractivity contribution in [3.05, 3.63) is 46.9 Å². The molecule has 0 saturated heterocycles. The summed E-state index contributed by atoms with van der Waals surface area (Å²) in [5, 5.41) is 13.1. The average Bonchev–Trinajstić information content (AvgIpc) is 3.14. The van der Waals surface area contributed by atoms with E-state index in [0.29, 0.717) is 23.6 Å². The van der Waals surface area contributed by atoms with Gasteiger partial charge in [-0.05, 0) is 49.1 Å². The zero-order valence-corrected chi connectivity index (χ0v) is 16.8. The summed E-state index contributed by atoms with van der Waals surface area (Å²) in [6, 6.07) is 8.02. The van der Waals surface area contributed by atoms with Crippen LogP contribution < -0.4 is 0 Å². The van der Waals surface area contributed by atoms with Crippen molar-refractivity contribution in [1.29, 1.82) is 0 Å². The van der Waals surface area contributed by atoms with Crippen molar-refractivity contribution in [2.75, 3.05) is 0 Å². The number of rotatable bonds is 5. The Bertz CT molecular complexity index is 1100. The second-order valence-corrected chi connectivity index (χ2v) is 9.79. The van der Waals surface area contributed by atoms with Gasteiger partial charge < -0.3 is 4.42 Å². The lowest BCUT2D eigenvalue weighted by Gasteiger charge is -2.12. The molecule has 1 fully saturated rings. The van der Waals surface area contributed by atoms with Crippen LogP contribution in [0.1, 0.15) is 44.2 Å². The maximum Gasteiger partial charge on any atom is 0.266 e. The van der Waals surface area contributed by atoms with E-state index in [1.54, 1.807) is 23.9 Å². The van der Waals surface area contributed by atoms with Crippen molar-refractivity contribution < 1.29 is 12.8 Å². The van der Waals surface area contributed by atoms with Gasteiger partial charge in [-0.25, -0.2) is 8.42 Å². The number of hydrogen-bond donors (Lipinski definition) is 0. The monoisotopic (exact) mass is 406 g/mol. The minimum atomic E-state index is -3.66. The molecule has 2 aromatic heterocycles. The van der Waals surface area contributed by atoms with Gasteiger partial charge in [0.25, 0.3) is 5.89 Å². The fourth-order valence-corrected chi connectivity index (χ4v) is 5.06. The van der Waals surface area contributed by atoms with E-state index in [0.717, 1.165) is 5.69 Å². The topological polar surface area (TPSA) is 90.9 Å². The molecule has 3 aromatic rings. The summed E-state index contributed by atoms with van der Waals surface area (Å²) < 4.78 is 32.6. The third-order valence-corrected chi connectivity index (χ3v) is 7.62. The normalized spacial score (nSPS) is 16.0. The highest BCUT2D eigenvalue weighted by atomic mass is 35.5. The van der Waals surface area contributed by atoms with Crippen LogP contribution in [-0.2, 0) is 21.6 Å². The molecule has 7 nitrogen and oxygen atoms in total. The van der Waals surface area contributed by atoms with E-state index in [-0.39, 0.29) is 22.6 Å². The Kier molecular flexibility index (Phi) is 4.16. The number of sulfone groups is 1. The first-order valence-corrected chi connectivity index (χ1v) is 10.5. The molecule has 4 rings (SSSR count). The zero-order valence-electron chi connectivity index (χ0n) is 15.2. The molecule has 0 N–H and O–H groups in total. The van der Waals surface area contributed by atoms with Gasteiger partial charge >= 0.3 is 0 Å². The lowest BCUT2D eigenvalue weighted by molar-refractivity contribution is 0.476. The molecule has 2 heterocycles. The first-order chi connectivity index (χ1) is 12.7. The van der Waals surface area contributed by atoms with E-state index < -0.39 is 14.6 Å². The molecular formula is C18H19ClN4O3S. The molecule has 1 aliphatic rings. The van der Waals surface area contributed by atoms with Gasteiger partial charge in [-0.1, -0.05) is 25.4 Å². The second kappa shape index (κ2) is 6.17. The first kappa shape index (κ1) is 18.2. The van der Waals surface area contributed by atoms with E-state index in [1.807, 2.05) is 19.9 Å². The van der Waals surface area contributed by atoms with Crippen molar-refractivity contribution in [2.24, 2.45) is 7.05 Å². The number of aryl methyl sites for hydroxylation is 1. The first-order valence-electron chi connectivity index (χ1n) is 8.63. The maximum atomic E-state index is 13.1. The van der Waals surface area contributed by atoms with Gasteiger partial charge in [0.2, 0.25) is 5.89 Å². The van der Waals surface area contributed by atoms with Crippen molar-refractivity contribution in [3.8, 4) is 11.6 Å². The van der Waals surface area contributed by atoms with Crippen LogP contribution in [0.3, 0.4) is 0 Å². The number of benzene rings is 1. The Balaban J connectivity index is 1.72. The minimum absolute atomic E-state index is 0.125. The van der Waals surface area contributed by atoms with Gasteiger partial charge in [-0.2, -0.15) is 5.10 Å². The largest absolute Gasteiger partial charge is 0.418 e. The van der Waals surface area contributed by atoms with Crippen molar-refractivity contribution in [2.45, 2.75) is 42.2 Å². The summed E-state index contributed by atoms with van der Waals surface area (Å²) >= 11 is 5.87. The van der Waals surface area contributed by atoms with E-state index in [1.165, 1.54) is 12.1 Å². The van der Waals surface area contributed by atoms with Crippen LogP contribution in [-0.4, -0.2) is 28.4 Å². The average molecular weight is 407 g/mol. The lowest BCUT2D eigenvalue weighted by Crippen LogP contribution is -2.21. The summed E-state index contributed by atoms with van der Waals surface area (Å²) in [7, 11) is -1.87. The molecule has 1 saturated carbocycles. The fraction of sp³-hybridized carbons (Fsp3) is 0.389. The summed E-state index contributed by atoms with van der Waals surface area (Å²) in [6.07, 6.45) is 0.893. The Morgan fingerprint density at radius 1 is 1.19 bits per heavy atom. The van der Waals surface area contributed by atoms with E-state index >= 15 is 0 Å². The molecule has 9 heteroatoms. The highest BCUT2D eigenvalue weighted by Crippen LogP contribution is 2.55. The minimum Gasteiger partial charge on any atom is -0.418 e. The quantitative estimate of drug-likeness (QED) is 0.641. The molecule has 0 amide bonds. The predicted molar refractivity (Wildman–Crippen MR) is 100 cm³/mol. The molecule has 0 radical (unpaired) electrons. The molecule has 0 unspecified atom stereocenters. The smallest absolute Gasteiger partial charge is 0.266 e. The van der Waals surface area contributed by atoms with Crippen molar-refractivity contribution in [1.82, 2.24) is 20.0 Å². The zero-order chi connectivity index (χ0) is 19.4. The Morgan fingerprint density at radius 3 is 2.41 bits per heavy atom. The summed E-state index contributed by atoms with van der Waals surface area (Å²) in [5.74, 6) is 0.650. The lowest BCUT2D eigenvalue weighted by atomic mass is 10.1. The summed E-state index contributed by atoms with van der Waals surface area (Å²) in [6.45, 7) is 4.09. The van der Waals surface area contributed by atoms with Gasteiger partial charge in [0.15, 0.2) is 14.6 Å². The van der Waals surface area contributed by atoms with Crippen LogP contribution >= 0.6 is 11.6 Å². The molecule has 0 aliphatic heterocycles. The molecule has 142 valence electrons. The van der Waals surface area contributed by atoms with Crippen LogP contribution in [0, 0.1) is 0 Å². The molecule has 1 aromatic carbocycles. The van der Waals surface area contributed by atoms with Crippen LogP contribution in [0.2, 0.25) is 5.02 Å². The third kappa shape index (κ3) is 2.87. The van der Waals surface area contributed by atoms with E-state index in [4.69, 9.17) is 16.0 Å².